The number of hydrogen-bond acceptors (Lipinski definition) is 6. The smallest absolute Gasteiger partial charge is 0.550 e. The van der Waals surface area contributed by atoms with Gasteiger partial charge in [-0.1, -0.05) is 0 Å². The fourth-order valence-electron chi connectivity index (χ4n) is 0. The molecule has 0 aromatic heterocycles. The molecular formula is C6H19O11Yb. The van der Waals surface area contributed by atoms with Crippen molar-refractivity contribution in [2.24, 2.45) is 0 Å². The molecule has 0 atom stereocenters. The van der Waals surface area contributed by atoms with Gasteiger partial charge in [0.1, 0.15) is 0 Å². The molecule has 0 aromatic carbocycles. The van der Waals surface area contributed by atoms with Crippen LogP contribution >= 0.6 is 0 Å². The number of carboxylic acids is 3. The zero-order valence-corrected chi connectivity index (χ0v) is 11.4. The normalized spacial score (nSPS) is 4.17. The Hall–Kier alpha value is -0.271. The Labute approximate surface area is 142 Å². The number of hydrogen-bond donors (Lipinski definition) is 0. The molecule has 0 unspecified atom stereocenters. The predicted molar refractivity (Wildman–Crippen MR) is 50.1 cm³/mol. The Balaban J connectivity index is -0.00000000827. The average Bonchev–Trinajstić information content (AvgIpc) is 1.54. The zero-order chi connectivity index (χ0) is 10.7. The van der Waals surface area contributed by atoms with Crippen LogP contribution in [0, 0.1) is 46.9 Å². The van der Waals surface area contributed by atoms with Crippen LogP contribution in [0.3, 0.4) is 0 Å². The van der Waals surface area contributed by atoms with Crippen molar-refractivity contribution in [2.45, 2.75) is 20.8 Å². The van der Waals surface area contributed by atoms with E-state index in [2.05, 4.69) is 0 Å². The van der Waals surface area contributed by atoms with Gasteiger partial charge in [-0.05, 0) is 20.8 Å². The first kappa shape index (κ1) is 65.1. The number of rotatable bonds is 0. The van der Waals surface area contributed by atoms with E-state index in [1.807, 2.05) is 0 Å². The molecule has 12 heteroatoms. The van der Waals surface area contributed by atoms with E-state index in [4.69, 9.17) is 29.7 Å². The van der Waals surface area contributed by atoms with Crippen molar-refractivity contribution in [3.63, 3.8) is 0 Å². The largest absolute Gasteiger partial charge is 3.00 e. The van der Waals surface area contributed by atoms with Crippen LogP contribution in [0.1, 0.15) is 20.8 Å². The maximum atomic E-state index is 8.89. The van der Waals surface area contributed by atoms with E-state index in [1.54, 1.807) is 0 Å². The minimum absolute atomic E-state index is 0. The first-order valence-electron chi connectivity index (χ1n) is 2.72. The van der Waals surface area contributed by atoms with Gasteiger partial charge in [0.2, 0.25) is 0 Å². The van der Waals surface area contributed by atoms with Crippen molar-refractivity contribution >= 4 is 17.9 Å². The monoisotopic (exact) mass is 441 g/mol. The summed E-state index contributed by atoms with van der Waals surface area (Å²) in [7, 11) is 0. The number of carbonyl (C=O) groups excluding carboxylic acids is 3. The summed E-state index contributed by atoms with van der Waals surface area (Å²) in [6.07, 6.45) is 0. The molecule has 10 N–H and O–H groups in total. The van der Waals surface area contributed by atoms with E-state index in [0.29, 0.717) is 0 Å². The molecule has 18 heavy (non-hydrogen) atoms. The zero-order valence-electron chi connectivity index (χ0n) is 9.72. The quantitative estimate of drug-likeness (QED) is 0.352. The number of carbonyl (C=O) groups is 3. The maximum Gasteiger partial charge on any atom is 3.00 e. The second-order valence-electron chi connectivity index (χ2n) is 1.47. The van der Waals surface area contributed by atoms with Crippen LogP contribution in [0.4, 0.5) is 0 Å². The van der Waals surface area contributed by atoms with Gasteiger partial charge in [-0.3, -0.25) is 0 Å². The van der Waals surface area contributed by atoms with Gasteiger partial charge in [0.25, 0.3) is 0 Å². The SMILES string of the molecule is CC(=O)[O-].CC(=O)[O-].CC(=O)[O-].O.O.O.O.O.[Yb+3]. The van der Waals surface area contributed by atoms with Crippen LogP contribution in [0.15, 0.2) is 0 Å². The molecule has 0 bridgehead atoms. The summed E-state index contributed by atoms with van der Waals surface area (Å²) in [4.78, 5) is 26.7. The van der Waals surface area contributed by atoms with Gasteiger partial charge >= 0.3 is 46.9 Å². The minimum Gasteiger partial charge on any atom is -0.550 e. The van der Waals surface area contributed by atoms with Gasteiger partial charge in [-0.2, -0.15) is 0 Å². The molecule has 0 saturated carbocycles. The van der Waals surface area contributed by atoms with E-state index in [1.165, 1.54) is 0 Å². The van der Waals surface area contributed by atoms with Gasteiger partial charge in [0, 0.05) is 17.9 Å². The Morgan fingerprint density at radius 1 is 0.556 bits per heavy atom. The topological polar surface area (TPSA) is 278 Å². The molecule has 0 heterocycles. The molecule has 0 aliphatic rings. The molecule has 123 valence electrons. The van der Waals surface area contributed by atoms with Crippen LogP contribution in [0.5, 0.6) is 0 Å². The molecule has 0 aromatic rings. The van der Waals surface area contributed by atoms with Gasteiger partial charge in [-0.15, -0.1) is 0 Å². The van der Waals surface area contributed by atoms with E-state index >= 15 is 0 Å². The van der Waals surface area contributed by atoms with Gasteiger partial charge in [0.05, 0.1) is 0 Å². The third-order valence-electron chi connectivity index (χ3n) is 0. The average molecular weight is 440 g/mol. The van der Waals surface area contributed by atoms with E-state index in [0.717, 1.165) is 20.8 Å². The summed E-state index contributed by atoms with van der Waals surface area (Å²) in [5.74, 6) is -3.25. The summed E-state index contributed by atoms with van der Waals surface area (Å²) < 4.78 is 0. The van der Waals surface area contributed by atoms with Crippen molar-refractivity contribution in [2.75, 3.05) is 0 Å². The van der Waals surface area contributed by atoms with Crippen LogP contribution in [-0.2, 0) is 14.4 Å². The van der Waals surface area contributed by atoms with Gasteiger partial charge in [-0.25, -0.2) is 0 Å². The van der Waals surface area contributed by atoms with E-state index < -0.39 is 17.9 Å². The van der Waals surface area contributed by atoms with Gasteiger partial charge < -0.3 is 57.1 Å². The first-order chi connectivity index (χ1) is 5.20. The number of aliphatic carboxylic acids is 3. The second kappa shape index (κ2) is 54.3. The van der Waals surface area contributed by atoms with Crippen molar-refractivity contribution in [1.29, 1.82) is 0 Å². The van der Waals surface area contributed by atoms with Crippen LogP contribution in [-0.4, -0.2) is 45.3 Å². The molecule has 0 aliphatic carbocycles. The molecule has 1 radical (unpaired) electrons. The van der Waals surface area contributed by atoms with Crippen molar-refractivity contribution < 1.29 is 104 Å². The van der Waals surface area contributed by atoms with Crippen molar-refractivity contribution in [3.05, 3.63) is 0 Å². The summed E-state index contributed by atoms with van der Waals surface area (Å²) in [6.45, 7) is 2.92. The Bertz CT molecular complexity index is 119. The summed E-state index contributed by atoms with van der Waals surface area (Å²) in [6, 6.07) is 0. The molecule has 0 amide bonds. The Morgan fingerprint density at radius 3 is 0.556 bits per heavy atom. The summed E-state index contributed by atoms with van der Waals surface area (Å²) >= 11 is 0. The molecule has 0 rings (SSSR count). The van der Waals surface area contributed by atoms with Crippen LogP contribution < -0.4 is 15.3 Å². The minimum atomic E-state index is -1.08. The molecule has 0 saturated heterocycles. The van der Waals surface area contributed by atoms with Gasteiger partial charge in [0.15, 0.2) is 0 Å². The molecular weight excluding hydrogens is 421 g/mol. The van der Waals surface area contributed by atoms with Crippen molar-refractivity contribution in [1.82, 2.24) is 0 Å². The molecule has 11 nitrogen and oxygen atoms in total. The second-order valence-corrected chi connectivity index (χ2v) is 1.47. The predicted octanol–water partition coefficient (Wildman–Crippen LogP) is -7.85. The standard InChI is InChI=1S/3C2H4O2.5H2O.Yb/c3*1-2(3)4;;;;;;/h3*1H3,(H,3,4);5*1H2;/q;;;;;;;;+3/p-3. The molecule has 0 spiro atoms. The third-order valence-corrected chi connectivity index (χ3v) is 0. The van der Waals surface area contributed by atoms with E-state index in [9.17, 15) is 0 Å². The third kappa shape index (κ3) is 46600. The fraction of sp³-hybridized carbons (Fsp3) is 0.500. The van der Waals surface area contributed by atoms with E-state index in [-0.39, 0.29) is 74.3 Å². The van der Waals surface area contributed by atoms with Crippen molar-refractivity contribution in [3.8, 4) is 0 Å². The number of carboxylic acid groups (broad SMARTS) is 3. The molecule has 0 aliphatic heterocycles. The summed E-state index contributed by atoms with van der Waals surface area (Å²) in [5.41, 5.74) is 0. The fourth-order valence-corrected chi connectivity index (χ4v) is 0. The van der Waals surface area contributed by atoms with Crippen LogP contribution in [0.25, 0.3) is 0 Å². The Kier molecular flexibility index (Phi) is 196. The molecule has 0 fully saturated rings. The maximum absolute atomic E-state index is 8.89. The first-order valence-corrected chi connectivity index (χ1v) is 2.72. The summed E-state index contributed by atoms with van der Waals surface area (Å²) in [5, 5.41) is 26.7. The van der Waals surface area contributed by atoms with Crippen LogP contribution in [0.2, 0.25) is 0 Å². The Morgan fingerprint density at radius 2 is 0.556 bits per heavy atom.